The van der Waals surface area contributed by atoms with Gasteiger partial charge in [0.25, 0.3) is 0 Å². The smallest absolute Gasteiger partial charge is 0.174 e. The van der Waals surface area contributed by atoms with E-state index in [1.807, 2.05) is 44.3 Å². The van der Waals surface area contributed by atoms with E-state index in [1.165, 1.54) is 0 Å². The average molecular weight is 262 g/mol. The van der Waals surface area contributed by atoms with Crippen LogP contribution >= 0.6 is 0 Å². The number of hydrogen-bond acceptors (Lipinski definition) is 5. The Hall–Kier alpha value is -2.01. The van der Waals surface area contributed by atoms with Gasteiger partial charge < -0.3 is 19.3 Å². The Morgan fingerprint density at radius 2 is 1.84 bits per heavy atom. The van der Waals surface area contributed by atoms with Crippen LogP contribution in [0.25, 0.3) is 0 Å². The predicted molar refractivity (Wildman–Crippen MR) is 71.2 cm³/mol. The molecule has 0 radical (unpaired) electrons. The second-order valence-electron chi connectivity index (χ2n) is 4.01. The molecule has 0 spiro atoms. The standard InChI is InChI=1S/C14H18N2O3/c1-3-17-12-4-6-13(7-5-12)18-10-14-8-11(9-15-2)16-19-14/h4-8,15H,3,9-10H2,1-2H3. The highest BCUT2D eigenvalue weighted by Crippen LogP contribution is 2.18. The minimum atomic E-state index is 0.366. The van der Waals surface area contributed by atoms with Gasteiger partial charge in [-0.25, -0.2) is 0 Å². The van der Waals surface area contributed by atoms with Crippen LogP contribution in [0.15, 0.2) is 34.9 Å². The zero-order valence-electron chi connectivity index (χ0n) is 11.2. The molecule has 2 aromatic rings. The van der Waals surface area contributed by atoms with Crippen molar-refractivity contribution in [3.05, 3.63) is 41.8 Å². The molecule has 0 saturated heterocycles. The van der Waals surface area contributed by atoms with E-state index >= 15 is 0 Å². The first-order chi connectivity index (χ1) is 9.31. The SMILES string of the molecule is CCOc1ccc(OCc2cc(CNC)no2)cc1. The van der Waals surface area contributed by atoms with Crippen molar-refractivity contribution in [2.75, 3.05) is 13.7 Å². The average Bonchev–Trinajstić information content (AvgIpc) is 2.87. The highest BCUT2D eigenvalue weighted by atomic mass is 16.5. The fraction of sp³-hybridized carbons (Fsp3) is 0.357. The van der Waals surface area contributed by atoms with Gasteiger partial charge in [-0.2, -0.15) is 0 Å². The van der Waals surface area contributed by atoms with E-state index in [9.17, 15) is 0 Å². The Kier molecular flexibility index (Phi) is 4.80. The molecule has 0 saturated carbocycles. The molecule has 2 rings (SSSR count). The summed E-state index contributed by atoms with van der Waals surface area (Å²) >= 11 is 0. The lowest BCUT2D eigenvalue weighted by atomic mass is 10.3. The van der Waals surface area contributed by atoms with E-state index in [0.29, 0.717) is 25.5 Å². The molecule has 0 atom stereocenters. The van der Waals surface area contributed by atoms with Crippen LogP contribution in [-0.4, -0.2) is 18.8 Å². The van der Waals surface area contributed by atoms with Crippen LogP contribution < -0.4 is 14.8 Å². The Labute approximate surface area is 112 Å². The molecule has 1 aromatic heterocycles. The minimum absolute atomic E-state index is 0.366. The predicted octanol–water partition coefficient (Wildman–Crippen LogP) is 2.37. The number of nitrogens with one attached hydrogen (secondary N) is 1. The molecular weight excluding hydrogens is 244 g/mol. The van der Waals surface area contributed by atoms with E-state index in [4.69, 9.17) is 14.0 Å². The van der Waals surface area contributed by atoms with E-state index < -0.39 is 0 Å². The van der Waals surface area contributed by atoms with Crippen LogP contribution in [0.1, 0.15) is 18.4 Å². The summed E-state index contributed by atoms with van der Waals surface area (Å²) in [5, 5.41) is 6.93. The zero-order chi connectivity index (χ0) is 13.5. The van der Waals surface area contributed by atoms with Gasteiger partial charge in [0, 0.05) is 12.6 Å². The molecule has 1 aromatic carbocycles. The summed E-state index contributed by atoms with van der Waals surface area (Å²) in [7, 11) is 1.87. The normalized spacial score (nSPS) is 10.4. The third-order valence-corrected chi connectivity index (χ3v) is 2.48. The van der Waals surface area contributed by atoms with E-state index in [0.717, 1.165) is 17.2 Å². The van der Waals surface area contributed by atoms with Gasteiger partial charge in [-0.15, -0.1) is 0 Å². The van der Waals surface area contributed by atoms with Crippen molar-refractivity contribution < 1.29 is 14.0 Å². The second kappa shape index (κ2) is 6.80. The number of rotatable bonds is 7. The minimum Gasteiger partial charge on any atom is -0.494 e. The maximum atomic E-state index is 5.61. The van der Waals surface area contributed by atoms with Crippen LogP contribution in [0.5, 0.6) is 11.5 Å². The maximum Gasteiger partial charge on any atom is 0.174 e. The van der Waals surface area contributed by atoms with Gasteiger partial charge in [0.15, 0.2) is 5.76 Å². The lowest BCUT2D eigenvalue weighted by molar-refractivity contribution is 0.248. The van der Waals surface area contributed by atoms with Gasteiger partial charge in [-0.1, -0.05) is 5.16 Å². The Balaban J connectivity index is 1.86. The Bertz CT molecular complexity index is 494. The highest BCUT2D eigenvalue weighted by molar-refractivity contribution is 5.31. The summed E-state index contributed by atoms with van der Waals surface area (Å²) in [6.45, 7) is 3.67. The fourth-order valence-corrected chi connectivity index (χ4v) is 1.64. The summed E-state index contributed by atoms with van der Waals surface area (Å²) in [5.74, 6) is 2.32. The van der Waals surface area contributed by atoms with Crippen molar-refractivity contribution >= 4 is 0 Å². The third kappa shape index (κ3) is 3.99. The van der Waals surface area contributed by atoms with Crippen molar-refractivity contribution in [1.29, 1.82) is 0 Å². The molecule has 0 aliphatic rings. The van der Waals surface area contributed by atoms with Gasteiger partial charge in [-0.05, 0) is 38.2 Å². The number of hydrogen-bond donors (Lipinski definition) is 1. The molecule has 0 fully saturated rings. The molecule has 0 unspecified atom stereocenters. The Morgan fingerprint density at radius 3 is 2.47 bits per heavy atom. The quantitative estimate of drug-likeness (QED) is 0.830. The lowest BCUT2D eigenvalue weighted by Crippen LogP contribution is -2.04. The summed E-state index contributed by atoms with van der Waals surface area (Å²) in [6.07, 6.45) is 0. The summed E-state index contributed by atoms with van der Waals surface area (Å²) in [6, 6.07) is 9.38. The van der Waals surface area contributed by atoms with Crippen molar-refractivity contribution in [1.82, 2.24) is 10.5 Å². The summed E-state index contributed by atoms with van der Waals surface area (Å²) in [4.78, 5) is 0. The number of nitrogens with zero attached hydrogens (tertiary/aromatic N) is 1. The van der Waals surface area contributed by atoms with Crippen LogP contribution in [0, 0.1) is 0 Å². The molecule has 19 heavy (non-hydrogen) atoms. The first kappa shape index (κ1) is 13.4. The molecular formula is C14H18N2O3. The van der Waals surface area contributed by atoms with Gasteiger partial charge in [0.2, 0.25) is 0 Å². The molecule has 0 amide bonds. The van der Waals surface area contributed by atoms with Crippen LogP contribution in [0.2, 0.25) is 0 Å². The van der Waals surface area contributed by atoms with Crippen LogP contribution in [-0.2, 0) is 13.2 Å². The van der Waals surface area contributed by atoms with Gasteiger partial charge in [-0.3, -0.25) is 0 Å². The van der Waals surface area contributed by atoms with Crippen molar-refractivity contribution in [2.24, 2.45) is 0 Å². The molecule has 1 N–H and O–H groups in total. The third-order valence-electron chi connectivity index (χ3n) is 2.48. The Morgan fingerprint density at radius 1 is 1.16 bits per heavy atom. The van der Waals surface area contributed by atoms with Crippen molar-refractivity contribution in [3.8, 4) is 11.5 Å². The largest absolute Gasteiger partial charge is 0.494 e. The second-order valence-corrected chi connectivity index (χ2v) is 4.01. The highest BCUT2D eigenvalue weighted by Gasteiger charge is 2.04. The monoisotopic (exact) mass is 262 g/mol. The molecule has 0 aliphatic heterocycles. The zero-order valence-corrected chi connectivity index (χ0v) is 11.2. The van der Waals surface area contributed by atoms with Gasteiger partial charge in [0.05, 0.1) is 12.3 Å². The maximum absolute atomic E-state index is 5.61. The van der Waals surface area contributed by atoms with Gasteiger partial charge >= 0.3 is 0 Å². The first-order valence-corrected chi connectivity index (χ1v) is 6.26. The number of aromatic nitrogens is 1. The van der Waals surface area contributed by atoms with Crippen LogP contribution in [0.3, 0.4) is 0 Å². The number of ether oxygens (including phenoxy) is 2. The van der Waals surface area contributed by atoms with Crippen LogP contribution in [0.4, 0.5) is 0 Å². The van der Waals surface area contributed by atoms with Crippen molar-refractivity contribution in [3.63, 3.8) is 0 Å². The molecule has 0 aliphatic carbocycles. The van der Waals surface area contributed by atoms with E-state index in [1.54, 1.807) is 0 Å². The molecule has 0 bridgehead atoms. The number of benzene rings is 1. The summed E-state index contributed by atoms with van der Waals surface area (Å²) < 4.78 is 16.1. The van der Waals surface area contributed by atoms with Crippen molar-refractivity contribution in [2.45, 2.75) is 20.1 Å². The molecule has 102 valence electrons. The molecule has 5 nitrogen and oxygen atoms in total. The first-order valence-electron chi connectivity index (χ1n) is 6.26. The molecule has 1 heterocycles. The summed E-state index contributed by atoms with van der Waals surface area (Å²) in [5.41, 5.74) is 0.868. The van der Waals surface area contributed by atoms with Gasteiger partial charge in [0.1, 0.15) is 18.1 Å². The van der Waals surface area contributed by atoms with E-state index in [2.05, 4.69) is 10.5 Å². The topological polar surface area (TPSA) is 56.5 Å². The lowest BCUT2D eigenvalue weighted by Gasteiger charge is -2.05. The fourth-order valence-electron chi connectivity index (χ4n) is 1.64. The molecule has 5 heteroatoms. The van der Waals surface area contributed by atoms with E-state index in [-0.39, 0.29) is 0 Å².